The first-order valence-corrected chi connectivity index (χ1v) is 18.5. The lowest BCUT2D eigenvalue weighted by Gasteiger charge is -2.40. The SMILES string of the molecule is CNC(=O)[C@H](CCCc1ccccc1)NC(=O)C1CN(C(=O)Cc2c[nH]c3cc(Cl)ccc23)CC2CN(C(=O)c3ccc(-c4cccnc4)cc3)CC21. The quantitative estimate of drug-likeness (QED) is 0.165. The van der Waals surface area contributed by atoms with E-state index in [2.05, 4.69) is 32.7 Å². The highest BCUT2D eigenvalue weighted by Crippen LogP contribution is 2.37. The number of amides is 4. The van der Waals surface area contributed by atoms with Crippen LogP contribution in [0.5, 0.6) is 0 Å². The van der Waals surface area contributed by atoms with E-state index in [4.69, 9.17) is 11.6 Å². The molecule has 2 aliphatic heterocycles. The zero-order valence-electron chi connectivity index (χ0n) is 29.6. The first-order valence-electron chi connectivity index (χ1n) is 18.2. The van der Waals surface area contributed by atoms with Gasteiger partial charge < -0.3 is 25.4 Å². The molecule has 3 unspecified atom stereocenters. The van der Waals surface area contributed by atoms with Crippen molar-refractivity contribution in [3.05, 3.63) is 125 Å². The number of fused-ring (bicyclic) bond motifs is 2. The highest BCUT2D eigenvalue weighted by molar-refractivity contribution is 6.31. The molecule has 0 aliphatic carbocycles. The second-order valence-electron chi connectivity index (χ2n) is 14.1. The van der Waals surface area contributed by atoms with Gasteiger partial charge in [-0.25, -0.2) is 0 Å². The summed E-state index contributed by atoms with van der Waals surface area (Å²) in [7, 11) is 1.57. The number of rotatable bonds is 11. The second kappa shape index (κ2) is 16.0. The largest absolute Gasteiger partial charge is 0.361 e. The maximum Gasteiger partial charge on any atom is 0.253 e. The molecule has 3 aromatic carbocycles. The van der Waals surface area contributed by atoms with Crippen LogP contribution >= 0.6 is 11.6 Å². The fraction of sp³-hybridized carbons (Fsp3) is 0.310. The molecule has 4 amide bonds. The van der Waals surface area contributed by atoms with Gasteiger partial charge in [-0.3, -0.25) is 24.2 Å². The molecule has 0 radical (unpaired) electrons. The van der Waals surface area contributed by atoms with Gasteiger partial charge in [-0.15, -0.1) is 0 Å². The van der Waals surface area contributed by atoms with Crippen LogP contribution in [0.1, 0.15) is 34.3 Å². The van der Waals surface area contributed by atoms with Crippen LogP contribution in [-0.4, -0.2) is 82.7 Å². The van der Waals surface area contributed by atoms with E-state index in [1.807, 2.05) is 77.8 Å². The van der Waals surface area contributed by atoms with Crippen molar-refractivity contribution in [3.63, 3.8) is 0 Å². The average Bonchev–Trinajstić information content (AvgIpc) is 3.81. The first kappa shape index (κ1) is 35.9. The highest BCUT2D eigenvalue weighted by atomic mass is 35.5. The Morgan fingerprint density at radius 3 is 2.45 bits per heavy atom. The molecule has 11 heteroatoms. The lowest BCUT2D eigenvalue weighted by molar-refractivity contribution is -0.140. The average molecular weight is 731 g/mol. The molecule has 7 rings (SSSR count). The predicted molar refractivity (Wildman–Crippen MR) is 205 cm³/mol. The molecule has 2 aromatic heterocycles. The highest BCUT2D eigenvalue weighted by Gasteiger charge is 2.48. The standard InChI is InChI=1S/C42H43ClN6O4/c1-44-41(52)37(11-5-9-27-7-3-2-4-8-27)47-40(51)36-26-48(39(50)19-31-22-46-38-20-33(43)16-17-34(31)38)23-32-24-49(25-35(32)36)42(53)29-14-12-28(13-15-29)30-10-6-18-45-21-30/h2-4,6-8,10,12-18,20-22,32,35-37,46H,5,9,11,19,23-26H2,1H3,(H,44,52)(H,47,51)/t32?,35?,36?,37-/m0/s1. The summed E-state index contributed by atoms with van der Waals surface area (Å²) in [5.41, 5.74) is 5.34. The number of nitrogens with one attached hydrogen (secondary N) is 3. The van der Waals surface area contributed by atoms with Gasteiger partial charge in [0.1, 0.15) is 6.04 Å². The third-order valence-electron chi connectivity index (χ3n) is 10.7. The maximum atomic E-state index is 14.3. The van der Waals surface area contributed by atoms with Crippen LogP contribution in [0.4, 0.5) is 0 Å². The summed E-state index contributed by atoms with van der Waals surface area (Å²) in [5.74, 6) is -1.64. The van der Waals surface area contributed by atoms with E-state index in [1.165, 1.54) is 5.56 Å². The Kier molecular flexibility index (Phi) is 10.9. The number of carbonyl (C=O) groups is 4. The van der Waals surface area contributed by atoms with Crippen molar-refractivity contribution in [1.82, 2.24) is 30.4 Å². The van der Waals surface area contributed by atoms with Crippen LogP contribution in [0.15, 0.2) is 104 Å². The Bertz CT molecular complexity index is 2090. The Balaban J connectivity index is 1.09. The van der Waals surface area contributed by atoms with Crippen molar-refractivity contribution >= 4 is 46.1 Å². The Labute approximate surface area is 313 Å². The number of aryl methyl sites for hydroxylation is 1. The van der Waals surface area contributed by atoms with Gasteiger partial charge in [0, 0.05) is 73.3 Å². The van der Waals surface area contributed by atoms with E-state index in [-0.39, 0.29) is 48.4 Å². The number of aromatic nitrogens is 2. The number of likely N-dealkylation sites (N-methyl/N-ethyl adjacent to an activating group) is 1. The second-order valence-corrected chi connectivity index (χ2v) is 14.5. The molecule has 10 nitrogen and oxygen atoms in total. The first-order chi connectivity index (χ1) is 25.8. The summed E-state index contributed by atoms with van der Waals surface area (Å²) >= 11 is 6.19. The molecule has 4 heterocycles. The van der Waals surface area contributed by atoms with Crippen molar-refractivity contribution in [2.75, 3.05) is 33.2 Å². The van der Waals surface area contributed by atoms with Gasteiger partial charge in [-0.2, -0.15) is 0 Å². The monoisotopic (exact) mass is 730 g/mol. The molecule has 0 bridgehead atoms. The number of pyridine rings is 1. The van der Waals surface area contributed by atoms with Crippen LogP contribution in [0.3, 0.4) is 0 Å². The van der Waals surface area contributed by atoms with Crippen molar-refractivity contribution in [3.8, 4) is 11.1 Å². The molecule has 5 aromatic rings. The lowest BCUT2D eigenvalue weighted by Crippen LogP contribution is -2.56. The number of H-pyrrole nitrogens is 1. The predicted octanol–water partition coefficient (Wildman–Crippen LogP) is 5.53. The zero-order chi connectivity index (χ0) is 36.9. The van der Waals surface area contributed by atoms with Crippen LogP contribution in [-0.2, 0) is 27.2 Å². The third kappa shape index (κ3) is 8.13. The Hall–Kier alpha value is -5.48. The number of likely N-dealkylation sites (tertiary alicyclic amines) is 2. The number of hydrogen-bond donors (Lipinski definition) is 3. The molecule has 4 atom stereocenters. The smallest absolute Gasteiger partial charge is 0.253 e. The summed E-state index contributed by atoms with van der Waals surface area (Å²) in [6.45, 7) is 1.44. The molecule has 0 spiro atoms. The van der Waals surface area contributed by atoms with Gasteiger partial charge in [0.2, 0.25) is 17.7 Å². The topological polar surface area (TPSA) is 128 Å². The fourth-order valence-corrected chi connectivity index (χ4v) is 8.07. The van der Waals surface area contributed by atoms with Gasteiger partial charge in [0.25, 0.3) is 5.91 Å². The van der Waals surface area contributed by atoms with Crippen molar-refractivity contribution in [1.29, 1.82) is 0 Å². The maximum absolute atomic E-state index is 14.3. The van der Waals surface area contributed by atoms with E-state index < -0.39 is 12.0 Å². The minimum Gasteiger partial charge on any atom is -0.361 e. The van der Waals surface area contributed by atoms with Crippen molar-refractivity contribution < 1.29 is 19.2 Å². The van der Waals surface area contributed by atoms with E-state index in [1.54, 1.807) is 30.4 Å². The van der Waals surface area contributed by atoms with E-state index in [0.29, 0.717) is 43.1 Å². The van der Waals surface area contributed by atoms with E-state index in [9.17, 15) is 19.2 Å². The fourth-order valence-electron chi connectivity index (χ4n) is 7.90. The minimum absolute atomic E-state index is 0.0985. The molecule has 272 valence electrons. The van der Waals surface area contributed by atoms with Gasteiger partial charge in [0.15, 0.2) is 0 Å². The zero-order valence-corrected chi connectivity index (χ0v) is 30.4. The number of aromatic amines is 1. The molecule has 2 aliphatic rings. The van der Waals surface area contributed by atoms with E-state index in [0.717, 1.165) is 34.0 Å². The number of benzene rings is 3. The minimum atomic E-state index is -0.726. The van der Waals surface area contributed by atoms with Crippen LogP contribution in [0.25, 0.3) is 22.0 Å². The summed E-state index contributed by atoms with van der Waals surface area (Å²) in [4.78, 5) is 66.1. The molecule has 2 fully saturated rings. The number of nitrogens with zero attached hydrogens (tertiary/aromatic N) is 3. The summed E-state index contributed by atoms with van der Waals surface area (Å²) in [6.07, 6.45) is 7.44. The molecule has 0 saturated carbocycles. The number of piperidine rings is 1. The number of halogens is 1. The van der Waals surface area contributed by atoms with Gasteiger partial charge in [-0.1, -0.05) is 66.2 Å². The molecular weight excluding hydrogens is 688 g/mol. The lowest BCUT2D eigenvalue weighted by atomic mass is 9.79. The van der Waals surface area contributed by atoms with E-state index >= 15 is 0 Å². The van der Waals surface area contributed by atoms with Gasteiger partial charge in [0.05, 0.1) is 12.3 Å². The number of hydrogen-bond acceptors (Lipinski definition) is 5. The summed E-state index contributed by atoms with van der Waals surface area (Å²) in [5, 5.41) is 7.28. The van der Waals surface area contributed by atoms with Crippen LogP contribution < -0.4 is 10.6 Å². The summed E-state index contributed by atoms with van der Waals surface area (Å²) in [6, 6.07) is 26.2. The normalized spacial score (nSPS) is 18.7. The Morgan fingerprint density at radius 1 is 0.906 bits per heavy atom. The van der Waals surface area contributed by atoms with Crippen molar-refractivity contribution in [2.45, 2.75) is 31.7 Å². The van der Waals surface area contributed by atoms with Gasteiger partial charge in [-0.05, 0) is 83.7 Å². The molecule has 2 saturated heterocycles. The molecular formula is C42H43ClN6O4. The van der Waals surface area contributed by atoms with Crippen LogP contribution in [0, 0.1) is 17.8 Å². The van der Waals surface area contributed by atoms with Gasteiger partial charge >= 0.3 is 0 Å². The molecule has 53 heavy (non-hydrogen) atoms. The Morgan fingerprint density at radius 2 is 1.70 bits per heavy atom. The third-order valence-corrected chi connectivity index (χ3v) is 11.0. The van der Waals surface area contributed by atoms with Crippen molar-refractivity contribution in [2.24, 2.45) is 17.8 Å². The summed E-state index contributed by atoms with van der Waals surface area (Å²) < 4.78 is 0. The van der Waals surface area contributed by atoms with Crippen LogP contribution in [0.2, 0.25) is 5.02 Å². The molecule has 3 N–H and O–H groups in total. The number of carbonyl (C=O) groups excluding carboxylic acids is 4.